The molecule has 0 bridgehead atoms. The molecule has 98 valence electrons. The van der Waals surface area contributed by atoms with Crippen LogP contribution in [0.5, 0.6) is 5.75 Å². The van der Waals surface area contributed by atoms with Gasteiger partial charge >= 0.3 is 5.97 Å². The second kappa shape index (κ2) is 4.97. The van der Waals surface area contributed by atoms with Crippen molar-refractivity contribution in [3.05, 3.63) is 36.0 Å². The monoisotopic (exact) mass is 277 g/mol. The summed E-state index contributed by atoms with van der Waals surface area (Å²) in [6.07, 6.45) is 0.216. The lowest BCUT2D eigenvalue weighted by atomic mass is 10.1. The first-order valence-corrected chi connectivity index (χ1v) is 6.93. The van der Waals surface area contributed by atoms with Gasteiger partial charge < -0.3 is 14.4 Å². The second-order valence-electron chi connectivity index (χ2n) is 4.16. The van der Waals surface area contributed by atoms with E-state index in [0.717, 1.165) is 17.1 Å². The maximum absolute atomic E-state index is 10.8. The third kappa shape index (κ3) is 2.44. The minimum atomic E-state index is -1.11. The topological polar surface area (TPSA) is 72.6 Å². The van der Waals surface area contributed by atoms with Crippen LogP contribution in [0, 0.1) is 0 Å². The SMILES string of the molecule is O=C(O)c1cc(-c2ccccc2OC2CSC2)on1. The number of aromatic nitrogens is 1. The molecule has 2 aromatic rings. The van der Waals surface area contributed by atoms with Crippen LogP contribution in [0.1, 0.15) is 10.5 Å². The molecule has 0 unspecified atom stereocenters. The van der Waals surface area contributed by atoms with Gasteiger partial charge in [0.2, 0.25) is 0 Å². The zero-order valence-corrected chi connectivity index (χ0v) is 10.7. The molecule has 0 atom stereocenters. The van der Waals surface area contributed by atoms with Crippen molar-refractivity contribution in [2.45, 2.75) is 6.10 Å². The van der Waals surface area contributed by atoms with Gasteiger partial charge in [-0.05, 0) is 12.1 Å². The summed E-state index contributed by atoms with van der Waals surface area (Å²) in [5.74, 6) is 1.95. The number of carboxylic acid groups (broad SMARTS) is 1. The molecule has 1 aromatic heterocycles. The van der Waals surface area contributed by atoms with E-state index in [2.05, 4.69) is 5.16 Å². The number of benzene rings is 1. The molecule has 0 aliphatic carbocycles. The van der Waals surface area contributed by atoms with Gasteiger partial charge in [0.25, 0.3) is 0 Å². The van der Waals surface area contributed by atoms with Crippen molar-refractivity contribution in [3.63, 3.8) is 0 Å². The van der Waals surface area contributed by atoms with E-state index in [1.165, 1.54) is 6.07 Å². The van der Waals surface area contributed by atoms with Gasteiger partial charge in [-0.25, -0.2) is 4.79 Å². The van der Waals surface area contributed by atoms with Crippen LogP contribution in [0.25, 0.3) is 11.3 Å². The second-order valence-corrected chi connectivity index (χ2v) is 5.23. The van der Waals surface area contributed by atoms with E-state index in [9.17, 15) is 4.79 Å². The minimum absolute atomic E-state index is 0.107. The molecule has 0 spiro atoms. The average molecular weight is 277 g/mol. The quantitative estimate of drug-likeness (QED) is 0.925. The number of rotatable bonds is 4. The Labute approximate surface area is 113 Å². The first-order chi connectivity index (χ1) is 9.24. The van der Waals surface area contributed by atoms with E-state index < -0.39 is 5.97 Å². The van der Waals surface area contributed by atoms with Crippen LogP contribution in [0.15, 0.2) is 34.9 Å². The summed E-state index contributed by atoms with van der Waals surface area (Å²) in [5.41, 5.74) is 0.614. The van der Waals surface area contributed by atoms with E-state index in [-0.39, 0.29) is 11.8 Å². The van der Waals surface area contributed by atoms with Crippen molar-refractivity contribution in [2.24, 2.45) is 0 Å². The van der Waals surface area contributed by atoms with Crippen molar-refractivity contribution in [1.82, 2.24) is 5.16 Å². The molecule has 5 nitrogen and oxygen atoms in total. The first kappa shape index (κ1) is 12.1. The van der Waals surface area contributed by atoms with E-state index in [1.807, 2.05) is 36.0 Å². The highest BCUT2D eigenvalue weighted by molar-refractivity contribution is 8.00. The Hall–Kier alpha value is -1.95. The number of thioether (sulfide) groups is 1. The third-order valence-electron chi connectivity index (χ3n) is 2.78. The Bertz CT molecular complexity index is 606. The van der Waals surface area contributed by atoms with Crippen molar-refractivity contribution >= 4 is 17.7 Å². The Balaban J connectivity index is 1.91. The van der Waals surface area contributed by atoms with Gasteiger partial charge in [-0.15, -0.1) is 0 Å². The summed E-state index contributed by atoms with van der Waals surface area (Å²) >= 11 is 1.84. The predicted octanol–water partition coefficient (Wildman–Crippen LogP) is 2.53. The summed E-state index contributed by atoms with van der Waals surface area (Å²) in [7, 11) is 0. The highest BCUT2D eigenvalue weighted by atomic mass is 32.2. The molecule has 6 heteroatoms. The van der Waals surface area contributed by atoms with Crippen LogP contribution in [-0.4, -0.2) is 33.8 Å². The first-order valence-electron chi connectivity index (χ1n) is 5.78. The number of carbonyl (C=O) groups is 1. The molecule has 3 rings (SSSR count). The molecule has 1 saturated heterocycles. The lowest BCUT2D eigenvalue weighted by Crippen LogP contribution is -2.31. The van der Waals surface area contributed by atoms with Gasteiger partial charge in [-0.1, -0.05) is 17.3 Å². The third-order valence-corrected chi connectivity index (χ3v) is 4.00. The molecule has 19 heavy (non-hydrogen) atoms. The van der Waals surface area contributed by atoms with Crippen molar-refractivity contribution < 1.29 is 19.2 Å². The number of para-hydroxylation sites is 1. The summed E-state index contributed by atoms with van der Waals surface area (Å²) in [5, 5.41) is 12.4. The summed E-state index contributed by atoms with van der Waals surface area (Å²) in [6.45, 7) is 0. The summed E-state index contributed by atoms with van der Waals surface area (Å²) in [4.78, 5) is 10.8. The van der Waals surface area contributed by atoms with Gasteiger partial charge in [-0.2, -0.15) is 11.8 Å². The predicted molar refractivity (Wildman–Crippen MR) is 70.6 cm³/mol. The molecule has 1 aromatic carbocycles. The Morgan fingerprint density at radius 1 is 1.42 bits per heavy atom. The zero-order chi connectivity index (χ0) is 13.2. The van der Waals surface area contributed by atoms with Gasteiger partial charge in [0, 0.05) is 17.6 Å². The van der Waals surface area contributed by atoms with Crippen LogP contribution < -0.4 is 4.74 Å². The Kier molecular flexibility index (Phi) is 3.16. The molecule has 2 heterocycles. The average Bonchev–Trinajstić information content (AvgIpc) is 2.84. The summed E-state index contributed by atoms with van der Waals surface area (Å²) in [6, 6.07) is 8.80. The van der Waals surface area contributed by atoms with Crippen LogP contribution >= 0.6 is 11.8 Å². The fraction of sp³-hybridized carbons (Fsp3) is 0.231. The van der Waals surface area contributed by atoms with Crippen molar-refractivity contribution in [1.29, 1.82) is 0 Å². The van der Waals surface area contributed by atoms with E-state index in [1.54, 1.807) is 0 Å². The number of nitrogens with zero attached hydrogens (tertiary/aromatic N) is 1. The van der Waals surface area contributed by atoms with Gasteiger partial charge in [0.1, 0.15) is 11.9 Å². The lowest BCUT2D eigenvalue weighted by molar-refractivity contribution is 0.0686. The molecule has 0 amide bonds. The van der Waals surface area contributed by atoms with E-state index >= 15 is 0 Å². The van der Waals surface area contributed by atoms with Gasteiger partial charge in [-0.3, -0.25) is 0 Å². The number of carboxylic acids is 1. The zero-order valence-electron chi connectivity index (χ0n) is 9.91. The fourth-order valence-corrected chi connectivity index (χ4v) is 2.30. The maximum atomic E-state index is 10.8. The standard InChI is InChI=1S/C13H11NO4S/c15-13(16)10-5-12(18-14-10)9-3-1-2-4-11(9)17-8-6-19-7-8/h1-5,8H,6-7H2,(H,15,16). The molecule has 1 aliphatic heterocycles. The largest absolute Gasteiger partial charge is 0.488 e. The fourth-order valence-electron chi connectivity index (χ4n) is 1.74. The van der Waals surface area contributed by atoms with E-state index in [0.29, 0.717) is 11.5 Å². The number of ether oxygens (including phenoxy) is 1. The van der Waals surface area contributed by atoms with Crippen molar-refractivity contribution in [3.8, 4) is 17.1 Å². The molecule has 1 N–H and O–H groups in total. The number of aromatic carboxylic acids is 1. The van der Waals surface area contributed by atoms with Crippen molar-refractivity contribution in [2.75, 3.05) is 11.5 Å². The normalized spacial score (nSPS) is 14.9. The Morgan fingerprint density at radius 2 is 2.21 bits per heavy atom. The van der Waals surface area contributed by atoms with Crippen LogP contribution in [0.3, 0.4) is 0 Å². The Morgan fingerprint density at radius 3 is 2.84 bits per heavy atom. The van der Waals surface area contributed by atoms with E-state index in [4.69, 9.17) is 14.4 Å². The maximum Gasteiger partial charge on any atom is 0.358 e. The van der Waals surface area contributed by atoms with Gasteiger partial charge in [0.15, 0.2) is 11.5 Å². The van der Waals surface area contributed by atoms with Crippen LogP contribution in [-0.2, 0) is 0 Å². The minimum Gasteiger partial charge on any atom is -0.488 e. The van der Waals surface area contributed by atoms with Crippen LogP contribution in [0.2, 0.25) is 0 Å². The molecule has 0 radical (unpaired) electrons. The molecule has 0 saturated carbocycles. The molecular weight excluding hydrogens is 266 g/mol. The highest BCUT2D eigenvalue weighted by Crippen LogP contribution is 2.33. The molecule has 1 aliphatic rings. The molecular formula is C13H11NO4S. The smallest absolute Gasteiger partial charge is 0.358 e. The van der Waals surface area contributed by atoms with Crippen LogP contribution in [0.4, 0.5) is 0 Å². The molecule has 1 fully saturated rings. The number of hydrogen-bond donors (Lipinski definition) is 1. The van der Waals surface area contributed by atoms with Gasteiger partial charge in [0.05, 0.1) is 5.56 Å². The number of hydrogen-bond acceptors (Lipinski definition) is 5. The lowest BCUT2D eigenvalue weighted by Gasteiger charge is -2.26. The summed E-state index contributed by atoms with van der Waals surface area (Å²) < 4.78 is 10.9. The highest BCUT2D eigenvalue weighted by Gasteiger charge is 2.22.